The monoisotopic (exact) mass is 717 g/mol. The number of benzene rings is 2. The molecule has 0 bridgehead atoms. The van der Waals surface area contributed by atoms with E-state index < -0.39 is 0 Å². The zero-order chi connectivity index (χ0) is 38.1. The van der Waals surface area contributed by atoms with E-state index in [1.165, 1.54) is 16.0 Å². The number of para-hydroxylation sites is 2. The molecule has 1 fully saturated rings. The molecular weight excluding hydrogens is 645 g/mol. The van der Waals surface area contributed by atoms with Gasteiger partial charge in [-0.2, -0.15) is 0 Å². The smallest absolute Gasteiger partial charge is 0.185 e. The molecule has 1 aromatic heterocycles. The predicted molar refractivity (Wildman–Crippen MR) is 216 cm³/mol. The summed E-state index contributed by atoms with van der Waals surface area (Å²) in [6.07, 6.45) is 5.70. The van der Waals surface area contributed by atoms with Crippen molar-refractivity contribution in [3.05, 3.63) is 70.7 Å². The molecule has 6 rings (SSSR count). The Hall–Kier alpha value is -2.65. The third-order valence-electron chi connectivity index (χ3n) is 6.53. The van der Waals surface area contributed by atoms with E-state index in [1.807, 2.05) is 24.4 Å². The Balaban J connectivity index is 0.000000612. The summed E-state index contributed by atoms with van der Waals surface area (Å²) in [5.41, 5.74) is 2.71. The number of hydrogen-bond acceptors (Lipinski definition) is 8. The highest BCUT2D eigenvalue weighted by Crippen LogP contribution is 2.32. The van der Waals surface area contributed by atoms with Gasteiger partial charge in [0.05, 0.1) is 13.2 Å². The summed E-state index contributed by atoms with van der Waals surface area (Å²) in [6.45, 7) is 27.4. The fourth-order valence-corrected chi connectivity index (χ4v) is 5.36. The molecule has 50 heavy (non-hydrogen) atoms. The van der Waals surface area contributed by atoms with Crippen molar-refractivity contribution in [3.63, 3.8) is 0 Å². The first-order chi connectivity index (χ1) is 23.6. The van der Waals surface area contributed by atoms with E-state index >= 15 is 0 Å². The average Bonchev–Trinajstić information content (AvgIpc) is 3.69. The molecule has 0 radical (unpaired) electrons. The lowest BCUT2D eigenvalue weighted by molar-refractivity contribution is 0.0847. The number of morpholine rings is 1. The summed E-state index contributed by atoms with van der Waals surface area (Å²) < 4.78 is 25.1. The van der Waals surface area contributed by atoms with E-state index in [0.717, 1.165) is 74.0 Å². The summed E-state index contributed by atoms with van der Waals surface area (Å²) >= 11 is 1.81. The summed E-state index contributed by atoms with van der Waals surface area (Å²) in [6, 6.07) is 16.5. The Morgan fingerprint density at radius 2 is 1.26 bits per heavy atom. The van der Waals surface area contributed by atoms with Gasteiger partial charge in [0.15, 0.2) is 5.13 Å². The first kappa shape index (κ1) is 47.4. The van der Waals surface area contributed by atoms with Crippen LogP contribution in [0, 0.1) is 11.8 Å². The van der Waals surface area contributed by atoms with Crippen LogP contribution in [0.15, 0.2) is 54.7 Å². The Kier molecular flexibility index (Phi) is 25.6. The average molecular weight is 717 g/mol. The molecule has 0 aliphatic carbocycles. The minimum Gasteiger partial charge on any atom is -0.490 e. The molecule has 1 unspecified atom stereocenters. The zero-order valence-electron chi connectivity index (χ0n) is 34.3. The zero-order valence-corrected chi connectivity index (χ0v) is 35.1. The lowest BCUT2D eigenvalue weighted by Crippen LogP contribution is -2.36. The van der Waals surface area contributed by atoms with Gasteiger partial charge in [-0.1, -0.05) is 91.8 Å². The van der Waals surface area contributed by atoms with Crippen molar-refractivity contribution in [3.8, 4) is 11.5 Å². The van der Waals surface area contributed by atoms with E-state index in [1.54, 1.807) is 39.8 Å². The third-order valence-corrected chi connectivity index (χ3v) is 7.88. The van der Waals surface area contributed by atoms with Gasteiger partial charge >= 0.3 is 0 Å². The van der Waals surface area contributed by atoms with E-state index in [-0.39, 0.29) is 5.60 Å². The number of anilines is 1. The maximum absolute atomic E-state index is 5.82. The van der Waals surface area contributed by atoms with Crippen LogP contribution in [0.3, 0.4) is 0 Å². The number of rotatable bonds is 2. The van der Waals surface area contributed by atoms with Crippen LogP contribution in [0.5, 0.6) is 11.5 Å². The predicted octanol–water partition coefficient (Wildman–Crippen LogP) is 10.8. The number of nitrogens with zero attached hydrogens (tertiary/aromatic N) is 2. The molecule has 4 heterocycles. The van der Waals surface area contributed by atoms with Crippen LogP contribution >= 0.6 is 11.3 Å². The lowest BCUT2D eigenvalue weighted by atomic mass is 9.94. The molecule has 3 aromatic rings. The Bertz CT molecular complexity index is 1200. The van der Waals surface area contributed by atoms with E-state index in [9.17, 15) is 0 Å². The highest BCUT2D eigenvalue weighted by atomic mass is 32.1. The van der Waals surface area contributed by atoms with Crippen LogP contribution in [-0.4, -0.2) is 71.4 Å². The molecule has 3 aliphatic heterocycles. The molecule has 1 saturated heterocycles. The van der Waals surface area contributed by atoms with Crippen molar-refractivity contribution in [2.75, 3.05) is 59.6 Å². The molecule has 0 N–H and O–H groups in total. The number of hydrogen-bond donors (Lipinski definition) is 0. The number of methoxy groups -OCH3 is 2. The van der Waals surface area contributed by atoms with Crippen molar-refractivity contribution in [2.45, 2.75) is 113 Å². The van der Waals surface area contributed by atoms with Gasteiger partial charge in [0, 0.05) is 59.0 Å². The van der Waals surface area contributed by atoms with Crippen LogP contribution < -0.4 is 14.4 Å². The summed E-state index contributed by atoms with van der Waals surface area (Å²) in [7, 11) is 6.50. The quantitative estimate of drug-likeness (QED) is 0.262. The van der Waals surface area contributed by atoms with E-state index in [2.05, 4.69) is 126 Å². The topological polar surface area (TPSA) is 62.3 Å². The molecule has 1 atom stereocenters. The van der Waals surface area contributed by atoms with Crippen LogP contribution in [0.4, 0.5) is 5.13 Å². The molecule has 8 heteroatoms. The second kappa shape index (κ2) is 27.1. The Labute approximate surface area is 311 Å². The molecular formula is C42H72N2O5S. The van der Waals surface area contributed by atoms with Crippen molar-refractivity contribution < 1.29 is 23.7 Å². The standard InChI is InChI=1S/C11H14O.C10H16N2OS.C9H10O.2C4H10.2C2H6O/c1-11(2)8-7-9-5-3-4-6-10(9)12-11;1-8(2)9-7-11-10(14-9)12-3-5-13-6-4-12;1-7-6-8-4-2-3-5-9(8)10-7;2*1-4(2)3;2*1-3-2/h3-6H,7-8H2,1-2H3;7-8H,3-6H2,1-2H3;2-5,7H,6H2,1H3;2*4H,1-3H3;2*1-2H3. The van der Waals surface area contributed by atoms with Gasteiger partial charge in [-0.15, -0.1) is 11.3 Å². The van der Waals surface area contributed by atoms with Gasteiger partial charge in [0.25, 0.3) is 0 Å². The number of fused-ring (bicyclic) bond motifs is 2. The van der Waals surface area contributed by atoms with Crippen molar-refractivity contribution >= 4 is 16.5 Å². The Morgan fingerprint density at radius 3 is 1.74 bits per heavy atom. The lowest BCUT2D eigenvalue weighted by Gasteiger charge is -2.32. The summed E-state index contributed by atoms with van der Waals surface area (Å²) in [5, 5.41) is 1.15. The molecule has 286 valence electrons. The molecule has 2 aromatic carbocycles. The third kappa shape index (κ3) is 22.2. The van der Waals surface area contributed by atoms with Gasteiger partial charge in [-0.3, -0.25) is 0 Å². The minimum atomic E-state index is 0.0222. The normalized spacial score (nSPS) is 16.2. The van der Waals surface area contributed by atoms with Crippen LogP contribution in [0.1, 0.15) is 105 Å². The van der Waals surface area contributed by atoms with Gasteiger partial charge in [0.2, 0.25) is 0 Å². The molecule has 0 amide bonds. The van der Waals surface area contributed by atoms with Gasteiger partial charge in [0.1, 0.15) is 23.2 Å². The number of aryl methyl sites for hydroxylation is 1. The largest absolute Gasteiger partial charge is 0.490 e. The maximum atomic E-state index is 5.82. The summed E-state index contributed by atoms with van der Waals surface area (Å²) in [4.78, 5) is 8.12. The van der Waals surface area contributed by atoms with E-state index in [4.69, 9.17) is 14.2 Å². The van der Waals surface area contributed by atoms with E-state index in [0.29, 0.717) is 12.0 Å². The summed E-state index contributed by atoms with van der Waals surface area (Å²) in [5.74, 6) is 4.38. The maximum Gasteiger partial charge on any atom is 0.185 e. The highest BCUT2D eigenvalue weighted by Gasteiger charge is 2.25. The second-order valence-corrected chi connectivity index (χ2v) is 15.8. The second-order valence-electron chi connectivity index (χ2n) is 14.8. The number of ether oxygens (including phenoxy) is 5. The number of thiazole rings is 1. The van der Waals surface area contributed by atoms with Gasteiger partial charge < -0.3 is 28.6 Å². The molecule has 0 spiro atoms. The first-order valence-electron chi connectivity index (χ1n) is 18.2. The van der Waals surface area contributed by atoms with Crippen molar-refractivity contribution in [2.24, 2.45) is 11.8 Å². The van der Waals surface area contributed by atoms with Gasteiger partial charge in [-0.05, 0) is 74.6 Å². The van der Waals surface area contributed by atoms with Crippen LogP contribution in [0.2, 0.25) is 0 Å². The van der Waals surface area contributed by atoms with Crippen molar-refractivity contribution in [1.29, 1.82) is 0 Å². The molecule has 0 saturated carbocycles. The van der Waals surface area contributed by atoms with Crippen LogP contribution in [0.25, 0.3) is 0 Å². The number of aromatic nitrogens is 1. The molecule has 3 aliphatic rings. The molecule has 7 nitrogen and oxygen atoms in total. The van der Waals surface area contributed by atoms with Crippen LogP contribution in [-0.2, 0) is 27.1 Å². The highest BCUT2D eigenvalue weighted by molar-refractivity contribution is 7.15. The fraction of sp³-hybridized carbons (Fsp3) is 0.643. The SMILES string of the molecule is CC(C)C.CC(C)C.CC(C)c1cnc(N2CCOCC2)s1.CC1(C)CCc2ccccc2O1.CC1Cc2ccccc2O1.COC.COC. The van der Waals surface area contributed by atoms with Gasteiger partial charge in [-0.25, -0.2) is 4.98 Å². The van der Waals surface area contributed by atoms with Crippen molar-refractivity contribution in [1.82, 2.24) is 4.98 Å². The Morgan fingerprint density at radius 1 is 0.780 bits per heavy atom. The first-order valence-corrected chi connectivity index (χ1v) is 19.0. The fourth-order valence-electron chi connectivity index (χ4n) is 4.39. The minimum absolute atomic E-state index is 0.0222.